The van der Waals surface area contributed by atoms with E-state index in [1.165, 1.54) is 13.3 Å². The Labute approximate surface area is 121 Å². The quantitative estimate of drug-likeness (QED) is 0.728. The zero-order valence-corrected chi connectivity index (χ0v) is 11.5. The zero-order chi connectivity index (χ0) is 14.7. The third-order valence-electron chi connectivity index (χ3n) is 3.13. The first-order valence-electron chi connectivity index (χ1n) is 6.50. The van der Waals surface area contributed by atoms with Crippen LogP contribution in [0.15, 0.2) is 48.7 Å². The molecule has 2 heterocycles. The van der Waals surface area contributed by atoms with Crippen molar-refractivity contribution in [2.45, 2.75) is 0 Å². The summed E-state index contributed by atoms with van der Waals surface area (Å²) in [6.45, 7) is 0. The molecular formula is C17H13FN2O. The molecule has 0 spiro atoms. The van der Waals surface area contributed by atoms with Gasteiger partial charge in [-0.15, -0.1) is 0 Å². The van der Waals surface area contributed by atoms with Crippen molar-refractivity contribution in [1.29, 1.82) is 0 Å². The topological polar surface area (TPSA) is 35.0 Å². The number of pyridine rings is 2. The lowest BCUT2D eigenvalue weighted by atomic mass is 10.1. The van der Waals surface area contributed by atoms with Crippen LogP contribution >= 0.6 is 0 Å². The molecule has 0 bridgehead atoms. The van der Waals surface area contributed by atoms with Crippen molar-refractivity contribution in [3.63, 3.8) is 0 Å². The zero-order valence-electron chi connectivity index (χ0n) is 11.5. The largest absolute Gasteiger partial charge is 0.481 e. The minimum Gasteiger partial charge on any atom is -0.481 e. The number of fused-ring (bicyclic) bond motifs is 1. The van der Waals surface area contributed by atoms with E-state index in [9.17, 15) is 4.39 Å². The summed E-state index contributed by atoms with van der Waals surface area (Å²) in [5.41, 5.74) is 2.51. The number of ether oxygens (including phenoxy) is 1. The van der Waals surface area contributed by atoms with Gasteiger partial charge in [0, 0.05) is 11.6 Å². The predicted octanol–water partition coefficient (Wildman–Crippen LogP) is 3.95. The number of benzene rings is 1. The molecule has 0 saturated carbocycles. The maximum absolute atomic E-state index is 14.1. The van der Waals surface area contributed by atoms with Crippen molar-refractivity contribution in [3.05, 3.63) is 65.6 Å². The number of aromatic nitrogens is 2. The standard InChI is InChI=1S/C17H13FN2O/c1-21-16-10-9-15-17(20-16)13(14(18)11-19-15)8-7-12-5-3-2-4-6-12/h2-11H,1H3. The average Bonchev–Trinajstić information content (AvgIpc) is 2.54. The van der Waals surface area contributed by atoms with Gasteiger partial charge in [-0.05, 0) is 17.7 Å². The van der Waals surface area contributed by atoms with Crippen molar-refractivity contribution >= 4 is 23.2 Å². The Balaban J connectivity index is 2.12. The van der Waals surface area contributed by atoms with Crippen LogP contribution in [0.1, 0.15) is 11.1 Å². The molecule has 0 fully saturated rings. The Hall–Kier alpha value is -2.75. The third kappa shape index (κ3) is 2.74. The van der Waals surface area contributed by atoms with Crippen molar-refractivity contribution in [1.82, 2.24) is 9.97 Å². The molecule has 0 amide bonds. The summed E-state index contributed by atoms with van der Waals surface area (Å²) in [7, 11) is 1.53. The van der Waals surface area contributed by atoms with Gasteiger partial charge in [0.2, 0.25) is 5.88 Å². The molecule has 3 rings (SSSR count). The molecule has 0 aliphatic carbocycles. The first-order chi connectivity index (χ1) is 10.3. The minimum atomic E-state index is -0.407. The fourth-order valence-electron chi connectivity index (χ4n) is 2.06. The highest BCUT2D eigenvalue weighted by Crippen LogP contribution is 2.22. The van der Waals surface area contributed by atoms with Gasteiger partial charge < -0.3 is 4.74 Å². The lowest BCUT2D eigenvalue weighted by Crippen LogP contribution is -1.94. The van der Waals surface area contributed by atoms with Gasteiger partial charge in [-0.1, -0.05) is 36.4 Å². The summed E-state index contributed by atoms with van der Waals surface area (Å²) in [5, 5.41) is 0. The highest BCUT2D eigenvalue weighted by atomic mass is 19.1. The number of rotatable bonds is 3. The molecule has 0 N–H and O–H groups in total. The molecule has 2 aromatic heterocycles. The molecule has 0 aliphatic rings. The highest BCUT2D eigenvalue weighted by molar-refractivity contribution is 5.87. The molecular weight excluding hydrogens is 267 g/mol. The maximum Gasteiger partial charge on any atom is 0.213 e. The van der Waals surface area contributed by atoms with E-state index in [2.05, 4.69) is 9.97 Å². The second-order valence-electron chi connectivity index (χ2n) is 4.49. The molecule has 3 nitrogen and oxygen atoms in total. The van der Waals surface area contributed by atoms with Crippen molar-refractivity contribution in [2.24, 2.45) is 0 Å². The Bertz CT molecular complexity index is 800. The lowest BCUT2D eigenvalue weighted by Gasteiger charge is -2.05. The molecule has 3 aromatic rings. The average molecular weight is 280 g/mol. The van der Waals surface area contributed by atoms with Gasteiger partial charge in [0.1, 0.15) is 5.52 Å². The second-order valence-corrected chi connectivity index (χ2v) is 4.49. The lowest BCUT2D eigenvalue weighted by molar-refractivity contribution is 0.399. The molecule has 0 radical (unpaired) electrons. The number of hydrogen-bond donors (Lipinski definition) is 0. The van der Waals surface area contributed by atoms with Crippen LogP contribution in [-0.2, 0) is 0 Å². The predicted molar refractivity (Wildman–Crippen MR) is 81.4 cm³/mol. The Morgan fingerprint density at radius 2 is 1.86 bits per heavy atom. The number of nitrogens with zero attached hydrogens (tertiary/aromatic N) is 2. The third-order valence-corrected chi connectivity index (χ3v) is 3.13. The van der Waals surface area contributed by atoms with Gasteiger partial charge in [0.15, 0.2) is 5.82 Å². The Morgan fingerprint density at radius 1 is 1.05 bits per heavy atom. The van der Waals surface area contributed by atoms with E-state index in [0.29, 0.717) is 22.5 Å². The van der Waals surface area contributed by atoms with E-state index < -0.39 is 5.82 Å². The van der Waals surface area contributed by atoms with Crippen LogP contribution in [0.5, 0.6) is 5.88 Å². The number of methoxy groups -OCH3 is 1. The van der Waals surface area contributed by atoms with E-state index in [1.54, 1.807) is 18.2 Å². The summed E-state index contributed by atoms with van der Waals surface area (Å²) in [5.74, 6) is 0.0275. The minimum absolute atomic E-state index is 0.405. The van der Waals surface area contributed by atoms with Crippen molar-refractivity contribution < 1.29 is 9.13 Å². The fraction of sp³-hybridized carbons (Fsp3) is 0.0588. The van der Waals surface area contributed by atoms with Crippen molar-refractivity contribution in [2.75, 3.05) is 7.11 Å². The summed E-state index contributed by atoms with van der Waals surface area (Å²) >= 11 is 0. The second kappa shape index (κ2) is 5.71. The van der Waals surface area contributed by atoms with Crippen LogP contribution in [-0.4, -0.2) is 17.1 Å². The molecule has 104 valence electrons. The van der Waals surface area contributed by atoms with Crippen LogP contribution in [0.25, 0.3) is 23.2 Å². The van der Waals surface area contributed by atoms with Gasteiger partial charge in [0.25, 0.3) is 0 Å². The normalized spacial score (nSPS) is 11.1. The Morgan fingerprint density at radius 3 is 2.62 bits per heavy atom. The molecule has 1 aromatic carbocycles. The highest BCUT2D eigenvalue weighted by Gasteiger charge is 2.08. The van der Waals surface area contributed by atoms with Crippen LogP contribution in [0.2, 0.25) is 0 Å². The molecule has 0 saturated heterocycles. The summed E-state index contributed by atoms with van der Waals surface area (Å²) in [6, 6.07) is 13.2. The van der Waals surface area contributed by atoms with E-state index in [1.807, 2.05) is 36.4 Å². The molecule has 4 heteroatoms. The van der Waals surface area contributed by atoms with Crippen LogP contribution < -0.4 is 4.74 Å². The van der Waals surface area contributed by atoms with Gasteiger partial charge in [-0.3, -0.25) is 4.98 Å². The smallest absolute Gasteiger partial charge is 0.213 e. The van der Waals surface area contributed by atoms with E-state index in [-0.39, 0.29) is 0 Å². The first kappa shape index (κ1) is 13.2. The molecule has 0 unspecified atom stereocenters. The van der Waals surface area contributed by atoms with Crippen LogP contribution in [0.3, 0.4) is 0 Å². The van der Waals surface area contributed by atoms with E-state index in [4.69, 9.17) is 4.74 Å². The van der Waals surface area contributed by atoms with Gasteiger partial charge >= 0.3 is 0 Å². The van der Waals surface area contributed by atoms with E-state index >= 15 is 0 Å². The fourth-order valence-corrected chi connectivity index (χ4v) is 2.06. The first-order valence-corrected chi connectivity index (χ1v) is 6.50. The number of hydrogen-bond acceptors (Lipinski definition) is 3. The molecule has 0 atom stereocenters. The van der Waals surface area contributed by atoms with Crippen LogP contribution in [0, 0.1) is 5.82 Å². The van der Waals surface area contributed by atoms with Crippen LogP contribution in [0.4, 0.5) is 4.39 Å². The van der Waals surface area contributed by atoms with Gasteiger partial charge in [0.05, 0.1) is 18.8 Å². The van der Waals surface area contributed by atoms with Gasteiger partial charge in [-0.25, -0.2) is 9.37 Å². The van der Waals surface area contributed by atoms with Crippen molar-refractivity contribution in [3.8, 4) is 5.88 Å². The van der Waals surface area contributed by atoms with E-state index in [0.717, 1.165) is 5.56 Å². The maximum atomic E-state index is 14.1. The van der Waals surface area contributed by atoms with Gasteiger partial charge in [-0.2, -0.15) is 0 Å². The summed E-state index contributed by atoms with van der Waals surface area (Å²) < 4.78 is 19.2. The summed E-state index contributed by atoms with van der Waals surface area (Å²) in [6.07, 6.45) is 4.77. The molecule has 21 heavy (non-hydrogen) atoms. The summed E-state index contributed by atoms with van der Waals surface area (Å²) in [4.78, 5) is 8.34. The SMILES string of the molecule is COc1ccc2ncc(F)c(C=Cc3ccccc3)c2n1. The Kier molecular flexibility index (Phi) is 3.60. The molecule has 0 aliphatic heterocycles. The number of halogens is 1. The monoisotopic (exact) mass is 280 g/mol.